The molecule has 1 rings (SSSR count). The van der Waals surface area contributed by atoms with Gasteiger partial charge in [0, 0.05) is 11.9 Å². The first kappa shape index (κ1) is 13.0. The minimum Gasteiger partial charge on any atom is -0.370 e. The number of hydrogen-bond acceptors (Lipinski definition) is 4. The van der Waals surface area contributed by atoms with Crippen molar-refractivity contribution in [2.75, 3.05) is 12.8 Å². The molecule has 0 atom stereocenters. The fourth-order valence-corrected chi connectivity index (χ4v) is 3.44. The predicted octanol–water partition coefficient (Wildman–Crippen LogP) is 0.576. The molecule has 5 nitrogen and oxygen atoms in total. The molecule has 1 aromatic heterocycles. The molecule has 90 valence electrons. The van der Waals surface area contributed by atoms with Gasteiger partial charge in [0.15, 0.2) is 15.8 Å². The molecule has 0 saturated carbocycles. The van der Waals surface area contributed by atoms with Gasteiger partial charge in [-0.25, -0.2) is 8.42 Å². The number of aliphatic imine (C=N–C) groups is 1. The summed E-state index contributed by atoms with van der Waals surface area (Å²) in [5.41, 5.74) is 5.46. The summed E-state index contributed by atoms with van der Waals surface area (Å²) in [4.78, 5) is 4.66. The van der Waals surface area contributed by atoms with E-state index < -0.39 is 9.84 Å². The van der Waals surface area contributed by atoms with Crippen molar-refractivity contribution in [2.45, 2.75) is 17.7 Å². The van der Waals surface area contributed by atoms with Crippen LogP contribution in [0, 0.1) is 0 Å². The molecule has 0 radical (unpaired) electrons. The summed E-state index contributed by atoms with van der Waals surface area (Å²) in [6, 6.07) is 3.41. The largest absolute Gasteiger partial charge is 0.370 e. The highest BCUT2D eigenvalue weighted by atomic mass is 32.2. The summed E-state index contributed by atoms with van der Waals surface area (Å²) < 4.78 is 23.5. The molecular formula is C9H15N3O2S2. The molecule has 3 N–H and O–H groups in total. The summed E-state index contributed by atoms with van der Waals surface area (Å²) in [6.07, 6.45) is 0. The van der Waals surface area contributed by atoms with Crippen LogP contribution in [-0.2, 0) is 16.4 Å². The van der Waals surface area contributed by atoms with Gasteiger partial charge in [0.1, 0.15) is 4.21 Å². The number of hydrogen-bond donors (Lipinski definition) is 2. The highest BCUT2D eigenvalue weighted by molar-refractivity contribution is 7.93. The minimum absolute atomic E-state index is 0.124. The second kappa shape index (κ2) is 5.31. The standard InChI is InChI=1S/C9H15N3O2S2/c1-3-16(13,14)8-5-4-7(15-8)6-12-9(10)11-2/h4-5H,3,6H2,1-2H3,(H3,10,11,12). The van der Waals surface area contributed by atoms with E-state index in [9.17, 15) is 8.42 Å². The minimum atomic E-state index is -3.09. The van der Waals surface area contributed by atoms with Gasteiger partial charge in [0.25, 0.3) is 0 Å². The molecule has 1 heterocycles. The quantitative estimate of drug-likeness (QED) is 0.613. The lowest BCUT2D eigenvalue weighted by Crippen LogP contribution is -2.30. The third-order valence-corrected chi connectivity index (χ3v) is 5.41. The van der Waals surface area contributed by atoms with Gasteiger partial charge in [-0.3, -0.25) is 4.99 Å². The third-order valence-electron chi connectivity index (χ3n) is 2.01. The van der Waals surface area contributed by atoms with Crippen molar-refractivity contribution in [1.29, 1.82) is 0 Å². The smallest absolute Gasteiger partial charge is 0.188 e. The summed E-state index contributed by atoms with van der Waals surface area (Å²) in [7, 11) is -1.51. The lowest BCUT2D eigenvalue weighted by Gasteiger charge is -2.01. The van der Waals surface area contributed by atoms with Gasteiger partial charge in [0.05, 0.1) is 12.3 Å². The van der Waals surface area contributed by atoms with Crippen LogP contribution < -0.4 is 11.1 Å². The summed E-state index contributed by atoms with van der Waals surface area (Å²) in [5, 5.41) is 2.87. The molecule has 0 saturated heterocycles. The maximum atomic E-state index is 11.6. The molecule has 0 fully saturated rings. The number of rotatable bonds is 4. The van der Waals surface area contributed by atoms with E-state index in [1.807, 2.05) is 0 Å². The van der Waals surface area contributed by atoms with Crippen LogP contribution in [0.4, 0.5) is 0 Å². The molecule has 16 heavy (non-hydrogen) atoms. The molecule has 0 aromatic carbocycles. The zero-order valence-electron chi connectivity index (χ0n) is 9.23. The number of thiophene rings is 1. The van der Waals surface area contributed by atoms with E-state index in [1.165, 1.54) is 11.3 Å². The van der Waals surface area contributed by atoms with E-state index in [1.54, 1.807) is 26.1 Å². The average molecular weight is 261 g/mol. The molecule has 7 heteroatoms. The van der Waals surface area contributed by atoms with E-state index in [0.717, 1.165) is 4.88 Å². The normalized spacial score (nSPS) is 12.8. The van der Waals surface area contributed by atoms with Crippen LogP contribution in [0.3, 0.4) is 0 Å². The zero-order valence-corrected chi connectivity index (χ0v) is 10.9. The van der Waals surface area contributed by atoms with Crippen molar-refractivity contribution >= 4 is 27.1 Å². The van der Waals surface area contributed by atoms with Crippen molar-refractivity contribution in [3.63, 3.8) is 0 Å². The predicted molar refractivity (Wildman–Crippen MR) is 66.4 cm³/mol. The van der Waals surface area contributed by atoms with Crippen LogP contribution in [0.5, 0.6) is 0 Å². The van der Waals surface area contributed by atoms with Gasteiger partial charge < -0.3 is 11.1 Å². The van der Waals surface area contributed by atoms with Crippen LogP contribution in [0.15, 0.2) is 21.3 Å². The lowest BCUT2D eigenvalue weighted by atomic mass is 10.5. The molecule has 1 aromatic rings. The lowest BCUT2D eigenvalue weighted by molar-refractivity contribution is 0.599. The first-order valence-electron chi connectivity index (χ1n) is 4.77. The van der Waals surface area contributed by atoms with Gasteiger partial charge in [-0.2, -0.15) is 0 Å². The molecule has 0 amide bonds. The number of nitrogens with zero attached hydrogens (tertiary/aromatic N) is 1. The van der Waals surface area contributed by atoms with Crippen LogP contribution >= 0.6 is 11.3 Å². The Hall–Kier alpha value is -1.08. The Balaban J connectivity index is 2.73. The molecule has 0 spiro atoms. The molecular weight excluding hydrogens is 246 g/mol. The SMILES string of the molecule is CCS(=O)(=O)c1ccc(CNC(N)=NC)s1. The highest BCUT2D eigenvalue weighted by Gasteiger charge is 2.14. The Morgan fingerprint density at radius 2 is 2.25 bits per heavy atom. The van der Waals surface area contributed by atoms with Crippen LogP contribution in [0.1, 0.15) is 11.8 Å². The maximum absolute atomic E-state index is 11.6. The van der Waals surface area contributed by atoms with E-state index in [0.29, 0.717) is 16.7 Å². The van der Waals surface area contributed by atoms with Crippen molar-refractivity contribution in [3.05, 3.63) is 17.0 Å². The van der Waals surface area contributed by atoms with Gasteiger partial charge >= 0.3 is 0 Å². The Kier molecular flexibility index (Phi) is 4.31. The second-order valence-electron chi connectivity index (χ2n) is 3.09. The van der Waals surface area contributed by atoms with E-state index in [2.05, 4.69) is 10.3 Å². The van der Waals surface area contributed by atoms with Crippen molar-refractivity contribution < 1.29 is 8.42 Å². The summed E-state index contributed by atoms with van der Waals surface area (Å²) >= 11 is 1.26. The Morgan fingerprint density at radius 3 is 2.81 bits per heavy atom. The molecule has 0 aliphatic heterocycles. The first-order chi connectivity index (χ1) is 7.49. The first-order valence-corrected chi connectivity index (χ1v) is 7.24. The molecule has 0 aliphatic carbocycles. The van der Waals surface area contributed by atoms with Crippen LogP contribution in [-0.4, -0.2) is 27.2 Å². The van der Waals surface area contributed by atoms with Crippen LogP contribution in [0.2, 0.25) is 0 Å². The van der Waals surface area contributed by atoms with E-state index in [4.69, 9.17) is 5.73 Å². The second-order valence-corrected chi connectivity index (χ2v) is 6.76. The van der Waals surface area contributed by atoms with Gasteiger partial charge in [0.2, 0.25) is 0 Å². The number of sulfone groups is 1. The van der Waals surface area contributed by atoms with Crippen molar-refractivity contribution in [3.8, 4) is 0 Å². The fourth-order valence-electron chi connectivity index (χ4n) is 1.02. The van der Waals surface area contributed by atoms with Crippen molar-refractivity contribution in [1.82, 2.24) is 5.32 Å². The molecule has 0 aliphatic rings. The van der Waals surface area contributed by atoms with Gasteiger partial charge in [-0.15, -0.1) is 11.3 Å². The molecule has 0 unspecified atom stereocenters. The third kappa shape index (κ3) is 3.21. The Labute approximate surface area is 99.3 Å². The summed E-state index contributed by atoms with van der Waals surface area (Å²) in [5.74, 6) is 0.465. The number of nitrogens with two attached hydrogens (primary N) is 1. The number of nitrogens with one attached hydrogen (secondary N) is 1. The zero-order chi connectivity index (χ0) is 12.2. The van der Waals surface area contributed by atoms with E-state index >= 15 is 0 Å². The Morgan fingerprint density at radius 1 is 1.56 bits per heavy atom. The monoisotopic (exact) mass is 261 g/mol. The van der Waals surface area contributed by atoms with E-state index in [-0.39, 0.29) is 5.75 Å². The van der Waals surface area contributed by atoms with Gasteiger partial charge in [-0.1, -0.05) is 6.92 Å². The van der Waals surface area contributed by atoms with Gasteiger partial charge in [-0.05, 0) is 12.1 Å². The molecule has 0 bridgehead atoms. The fraction of sp³-hybridized carbons (Fsp3) is 0.444. The Bertz CT molecular complexity index is 477. The average Bonchev–Trinajstić information content (AvgIpc) is 2.75. The highest BCUT2D eigenvalue weighted by Crippen LogP contribution is 2.22. The topological polar surface area (TPSA) is 84.5 Å². The van der Waals surface area contributed by atoms with Crippen LogP contribution in [0.25, 0.3) is 0 Å². The maximum Gasteiger partial charge on any atom is 0.188 e. The van der Waals surface area contributed by atoms with Crippen molar-refractivity contribution in [2.24, 2.45) is 10.7 Å². The summed E-state index contributed by atoms with van der Waals surface area (Å²) in [6.45, 7) is 2.13. The number of guanidine groups is 1.